The van der Waals surface area contributed by atoms with Crippen molar-refractivity contribution >= 4 is 32.7 Å². The second-order valence-corrected chi connectivity index (χ2v) is 5.85. The maximum atomic E-state index is 5.75. The lowest BCUT2D eigenvalue weighted by Gasteiger charge is -2.30. The minimum absolute atomic E-state index is 0.200. The van der Waals surface area contributed by atoms with Gasteiger partial charge in [-0.05, 0) is 35.1 Å². The Balaban J connectivity index is 1.76. The van der Waals surface area contributed by atoms with Crippen LogP contribution in [0.3, 0.4) is 0 Å². The summed E-state index contributed by atoms with van der Waals surface area (Å²) in [5.41, 5.74) is 0.923. The van der Waals surface area contributed by atoms with E-state index < -0.39 is 0 Å². The average Bonchev–Trinajstić information content (AvgIpc) is 2.46. The molecule has 0 saturated carbocycles. The molecule has 1 atom stereocenters. The van der Waals surface area contributed by atoms with Gasteiger partial charge in [0, 0.05) is 29.5 Å². The minimum atomic E-state index is 0.200. The molecule has 1 aliphatic rings. The van der Waals surface area contributed by atoms with Gasteiger partial charge in [0.05, 0.1) is 18.2 Å². The number of ether oxygens (including phenoxy) is 1. The fourth-order valence-electron chi connectivity index (χ4n) is 2.39. The zero-order valence-electron chi connectivity index (χ0n) is 11.3. The summed E-state index contributed by atoms with van der Waals surface area (Å²) in [7, 11) is 2.12. The maximum Gasteiger partial charge on any atom is 0.137 e. The van der Waals surface area contributed by atoms with E-state index in [1.807, 2.05) is 18.2 Å². The summed E-state index contributed by atoms with van der Waals surface area (Å²) >= 11 is 3.52. The van der Waals surface area contributed by atoms with Gasteiger partial charge in [-0.2, -0.15) is 0 Å². The molecular formula is C14H17BrN4O. The van der Waals surface area contributed by atoms with Crippen LogP contribution in [-0.4, -0.2) is 54.3 Å². The number of rotatable bonds is 3. The van der Waals surface area contributed by atoms with Crippen molar-refractivity contribution in [2.75, 3.05) is 38.6 Å². The number of likely N-dealkylation sites (N-methyl/N-ethyl adjacent to an activating group) is 1. The van der Waals surface area contributed by atoms with Crippen molar-refractivity contribution in [1.29, 1.82) is 0 Å². The lowest BCUT2D eigenvalue weighted by molar-refractivity contribution is -0.0117. The number of hydrogen-bond acceptors (Lipinski definition) is 5. The first-order chi connectivity index (χ1) is 9.74. The molecule has 2 heterocycles. The molecule has 1 unspecified atom stereocenters. The first kappa shape index (κ1) is 13.7. The first-order valence-electron chi connectivity index (χ1n) is 6.67. The van der Waals surface area contributed by atoms with Crippen molar-refractivity contribution in [2.45, 2.75) is 6.10 Å². The van der Waals surface area contributed by atoms with E-state index in [0.29, 0.717) is 0 Å². The SMILES string of the molecule is CN1CCOC(CNc2ncnc3c(Br)cccc23)C1. The van der Waals surface area contributed by atoms with Crippen molar-refractivity contribution in [3.63, 3.8) is 0 Å². The van der Waals surface area contributed by atoms with Gasteiger partial charge in [0.15, 0.2) is 0 Å². The van der Waals surface area contributed by atoms with Crippen LogP contribution in [0.1, 0.15) is 0 Å². The molecule has 1 aromatic heterocycles. The quantitative estimate of drug-likeness (QED) is 0.930. The topological polar surface area (TPSA) is 50.3 Å². The van der Waals surface area contributed by atoms with Gasteiger partial charge < -0.3 is 15.0 Å². The predicted molar refractivity (Wildman–Crippen MR) is 83.0 cm³/mol. The summed E-state index contributed by atoms with van der Waals surface area (Å²) in [6.07, 6.45) is 1.79. The molecule has 0 bridgehead atoms. The maximum absolute atomic E-state index is 5.75. The molecule has 3 rings (SSSR count). The van der Waals surface area contributed by atoms with Gasteiger partial charge in [0.25, 0.3) is 0 Å². The lowest BCUT2D eigenvalue weighted by Crippen LogP contribution is -2.43. The van der Waals surface area contributed by atoms with Crippen LogP contribution in [0.4, 0.5) is 5.82 Å². The van der Waals surface area contributed by atoms with Crippen molar-refractivity contribution < 1.29 is 4.74 Å². The van der Waals surface area contributed by atoms with Gasteiger partial charge in [0.2, 0.25) is 0 Å². The Kier molecular flexibility index (Phi) is 4.14. The Morgan fingerprint density at radius 3 is 3.20 bits per heavy atom. The van der Waals surface area contributed by atoms with Crippen molar-refractivity contribution in [3.05, 3.63) is 29.0 Å². The Hall–Kier alpha value is -1.24. The third kappa shape index (κ3) is 2.92. The van der Waals surface area contributed by atoms with Crippen molar-refractivity contribution in [3.8, 4) is 0 Å². The summed E-state index contributed by atoms with van der Waals surface area (Å²) in [5.74, 6) is 0.855. The summed E-state index contributed by atoms with van der Waals surface area (Å²) in [4.78, 5) is 10.9. The zero-order valence-corrected chi connectivity index (χ0v) is 12.9. The van der Waals surface area contributed by atoms with E-state index in [1.54, 1.807) is 6.33 Å². The van der Waals surface area contributed by atoms with Crippen molar-refractivity contribution in [2.24, 2.45) is 0 Å². The van der Waals surface area contributed by atoms with Crippen LogP contribution < -0.4 is 5.32 Å². The summed E-state index contributed by atoms with van der Waals surface area (Å²) in [6, 6.07) is 6.00. The van der Waals surface area contributed by atoms with Gasteiger partial charge in [0.1, 0.15) is 12.1 Å². The number of nitrogens with zero attached hydrogens (tertiary/aromatic N) is 3. The van der Waals surface area contributed by atoms with E-state index in [0.717, 1.165) is 47.4 Å². The summed E-state index contributed by atoms with van der Waals surface area (Å²) in [5, 5.41) is 4.40. The third-order valence-corrected chi connectivity index (χ3v) is 4.09. The highest BCUT2D eigenvalue weighted by molar-refractivity contribution is 9.10. The zero-order chi connectivity index (χ0) is 13.9. The van der Waals surface area contributed by atoms with Crippen LogP contribution >= 0.6 is 15.9 Å². The monoisotopic (exact) mass is 336 g/mol. The van der Waals surface area contributed by atoms with Gasteiger partial charge >= 0.3 is 0 Å². The Bertz CT molecular complexity index is 607. The molecule has 0 amide bonds. The molecule has 5 nitrogen and oxygen atoms in total. The van der Waals surface area contributed by atoms with Gasteiger partial charge in [-0.3, -0.25) is 0 Å². The number of benzene rings is 1. The lowest BCUT2D eigenvalue weighted by atomic mass is 10.2. The van der Waals surface area contributed by atoms with E-state index in [9.17, 15) is 0 Å². The van der Waals surface area contributed by atoms with Gasteiger partial charge in [-0.25, -0.2) is 9.97 Å². The van der Waals surface area contributed by atoms with Gasteiger partial charge in [-0.1, -0.05) is 6.07 Å². The molecule has 1 saturated heterocycles. The number of morpholine rings is 1. The molecule has 1 N–H and O–H groups in total. The van der Waals surface area contributed by atoms with Crippen LogP contribution in [0.15, 0.2) is 29.0 Å². The smallest absolute Gasteiger partial charge is 0.137 e. The normalized spacial score (nSPS) is 20.2. The Morgan fingerprint density at radius 2 is 2.35 bits per heavy atom. The van der Waals surface area contributed by atoms with E-state index in [1.165, 1.54) is 0 Å². The number of fused-ring (bicyclic) bond motifs is 1. The largest absolute Gasteiger partial charge is 0.374 e. The highest BCUT2D eigenvalue weighted by atomic mass is 79.9. The number of nitrogens with one attached hydrogen (secondary N) is 1. The average molecular weight is 337 g/mol. The molecule has 6 heteroatoms. The standard InChI is InChI=1S/C14H17BrN4O/c1-19-5-6-20-10(8-19)7-16-14-11-3-2-4-12(15)13(11)17-9-18-14/h2-4,9-10H,5-8H2,1H3,(H,16,17,18). The molecule has 106 valence electrons. The second-order valence-electron chi connectivity index (χ2n) is 4.99. The molecule has 0 radical (unpaired) electrons. The molecule has 1 fully saturated rings. The Labute approximate surface area is 126 Å². The van der Waals surface area contributed by atoms with Crippen LogP contribution in [-0.2, 0) is 4.74 Å². The minimum Gasteiger partial charge on any atom is -0.374 e. The molecule has 1 aliphatic heterocycles. The molecule has 20 heavy (non-hydrogen) atoms. The number of halogens is 1. The highest BCUT2D eigenvalue weighted by Crippen LogP contribution is 2.25. The molecule has 1 aromatic carbocycles. The van der Waals surface area contributed by atoms with Crippen LogP contribution in [0.5, 0.6) is 0 Å². The van der Waals surface area contributed by atoms with E-state index in [4.69, 9.17) is 4.74 Å². The number of para-hydroxylation sites is 1. The number of aromatic nitrogens is 2. The molecule has 0 spiro atoms. The Morgan fingerprint density at radius 1 is 1.45 bits per heavy atom. The van der Waals surface area contributed by atoms with E-state index >= 15 is 0 Å². The molecule has 2 aromatic rings. The van der Waals surface area contributed by atoms with Crippen LogP contribution in [0.2, 0.25) is 0 Å². The first-order valence-corrected chi connectivity index (χ1v) is 7.46. The molecule has 0 aliphatic carbocycles. The third-order valence-electron chi connectivity index (χ3n) is 3.45. The van der Waals surface area contributed by atoms with Crippen molar-refractivity contribution in [1.82, 2.24) is 14.9 Å². The highest BCUT2D eigenvalue weighted by Gasteiger charge is 2.17. The fourth-order valence-corrected chi connectivity index (χ4v) is 2.86. The summed E-state index contributed by atoms with van der Waals surface area (Å²) in [6.45, 7) is 3.49. The summed E-state index contributed by atoms with van der Waals surface area (Å²) < 4.78 is 6.73. The number of hydrogen-bond donors (Lipinski definition) is 1. The molecular weight excluding hydrogens is 320 g/mol. The predicted octanol–water partition coefficient (Wildman–Crippen LogP) is 2.13. The van der Waals surface area contributed by atoms with Crippen LogP contribution in [0.25, 0.3) is 10.9 Å². The second kappa shape index (κ2) is 6.03. The fraction of sp³-hybridized carbons (Fsp3) is 0.429. The van der Waals surface area contributed by atoms with Crippen LogP contribution in [0, 0.1) is 0 Å². The number of anilines is 1. The van der Waals surface area contributed by atoms with Gasteiger partial charge in [-0.15, -0.1) is 0 Å². The van der Waals surface area contributed by atoms with E-state index in [2.05, 4.69) is 43.2 Å². The van der Waals surface area contributed by atoms with E-state index in [-0.39, 0.29) is 6.10 Å².